The Hall–Kier alpha value is -1.80. The molecule has 0 aliphatic heterocycles. The van der Waals surface area contributed by atoms with Crippen molar-refractivity contribution in [2.75, 3.05) is 18.4 Å². The molecule has 2 aromatic rings. The lowest BCUT2D eigenvalue weighted by atomic mass is 9.93. The molecular formula is C15H23N5O2S. The molecule has 23 heavy (non-hydrogen) atoms. The van der Waals surface area contributed by atoms with Gasteiger partial charge in [0.05, 0.1) is 18.8 Å². The van der Waals surface area contributed by atoms with Crippen molar-refractivity contribution in [3.8, 4) is 0 Å². The minimum absolute atomic E-state index is 0.0231. The standard InChI is InChI=1S/C15H23N5O2S/c1-6-20(8-13-16-10(2)19-22-13)7-12(21)18-14-17-11(9-23-14)15(3,4)5/h9H,6-8H2,1-5H3,(H,17,18,21). The molecule has 7 nitrogen and oxygen atoms in total. The van der Waals surface area contributed by atoms with Gasteiger partial charge in [0.25, 0.3) is 0 Å². The molecule has 0 radical (unpaired) electrons. The van der Waals surface area contributed by atoms with Crippen LogP contribution in [0.4, 0.5) is 5.13 Å². The highest BCUT2D eigenvalue weighted by atomic mass is 32.1. The highest BCUT2D eigenvalue weighted by molar-refractivity contribution is 7.13. The summed E-state index contributed by atoms with van der Waals surface area (Å²) in [7, 11) is 0. The number of carbonyl (C=O) groups is 1. The molecule has 0 atom stereocenters. The van der Waals surface area contributed by atoms with Crippen LogP contribution in [0.2, 0.25) is 0 Å². The van der Waals surface area contributed by atoms with Gasteiger partial charge in [-0.2, -0.15) is 4.98 Å². The van der Waals surface area contributed by atoms with Gasteiger partial charge >= 0.3 is 0 Å². The van der Waals surface area contributed by atoms with E-state index in [1.165, 1.54) is 11.3 Å². The largest absolute Gasteiger partial charge is 0.338 e. The summed E-state index contributed by atoms with van der Waals surface area (Å²) < 4.78 is 5.09. The van der Waals surface area contributed by atoms with E-state index in [0.717, 1.165) is 5.69 Å². The van der Waals surface area contributed by atoms with Crippen LogP contribution in [-0.2, 0) is 16.8 Å². The Morgan fingerprint density at radius 2 is 2.13 bits per heavy atom. The molecule has 0 spiro atoms. The van der Waals surface area contributed by atoms with E-state index in [-0.39, 0.29) is 17.9 Å². The second-order valence-electron chi connectivity index (χ2n) is 6.37. The monoisotopic (exact) mass is 337 g/mol. The van der Waals surface area contributed by atoms with Crippen molar-refractivity contribution in [1.82, 2.24) is 20.0 Å². The number of carbonyl (C=O) groups excluding carboxylic acids is 1. The highest BCUT2D eigenvalue weighted by Crippen LogP contribution is 2.26. The lowest BCUT2D eigenvalue weighted by molar-refractivity contribution is -0.117. The van der Waals surface area contributed by atoms with E-state index in [9.17, 15) is 4.79 Å². The Morgan fingerprint density at radius 1 is 1.39 bits per heavy atom. The average Bonchev–Trinajstić information content (AvgIpc) is 3.06. The first-order valence-corrected chi connectivity index (χ1v) is 8.43. The highest BCUT2D eigenvalue weighted by Gasteiger charge is 2.19. The van der Waals surface area contributed by atoms with Gasteiger partial charge in [-0.3, -0.25) is 9.69 Å². The fourth-order valence-electron chi connectivity index (χ4n) is 1.91. The van der Waals surface area contributed by atoms with E-state index >= 15 is 0 Å². The Kier molecular flexibility index (Phi) is 5.48. The van der Waals surface area contributed by atoms with Crippen LogP contribution in [0.15, 0.2) is 9.90 Å². The Morgan fingerprint density at radius 3 is 2.65 bits per heavy atom. The predicted octanol–water partition coefficient (Wildman–Crippen LogP) is 2.59. The summed E-state index contributed by atoms with van der Waals surface area (Å²) in [6, 6.07) is 0. The van der Waals surface area contributed by atoms with Crippen LogP contribution in [0.3, 0.4) is 0 Å². The summed E-state index contributed by atoms with van der Waals surface area (Å²) in [6.45, 7) is 11.5. The van der Waals surface area contributed by atoms with E-state index in [2.05, 4.69) is 41.2 Å². The van der Waals surface area contributed by atoms with E-state index in [4.69, 9.17) is 4.52 Å². The first kappa shape index (κ1) is 17.6. The molecule has 126 valence electrons. The molecule has 0 unspecified atom stereocenters. The third kappa shape index (κ3) is 5.11. The second-order valence-corrected chi connectivity index (χ2v) is 7.23. The molecule has 0 aliphatic carbocycles. The van der Waals surface area contributed by atoms with Crippen molar-refractivity contribution >= 4 is 22.4 Å². The molecule has 2 rings (SSSR count). The third-order valence-electron chi connectivity index (χ3n) is 3.26. The smallest absolute Gasteiger partial charge is 0.240 e. The van der Waals surface area contributed by atoms with Gasteiger partial charge in [-0.15, -0.1) is 11.3 Å². The van der Waals surface area contributed by atoms with Crippen molar-refractivity contribution in [2.24, 2.45) is 0 Å². The number of hydrogen-bond acceptors (Lipinski definition) is 7. The zero-order valence-electron chi connectivity index (χ0n) is 14.2. The summed E-state index contributed by atoms with van der Waals surface area (Å²) in [5.74, 6) is 1.01. The van der Waals surface area contributed by atoms with Crippen molar-refractivity contribution in [1.29, 1.82) is 0 Å². The van der Waals surface area contributed by atoms with Crippen LogP contribution < -0.4 is 5.32 Å². The molecule has 2 aromatic heterocycles. The second kappa shape index (κ2) is 7.18. The summed E-state index contributed by atoms with van der Waals surface area (Å²) in [5.41, 5.74) is 0.955. The molecule has 0 aliphatic rings. The fourth-order valence-corrected chi connectivity index (χ4v) is 2.87. The number of aromatic nitrogens is 3. The number of thiazole rings is 1. The number of aryl methyl sites for hydroxylation is 1. The maximum Gasteiger partial charge on any atom is 0.240 e. The van der Waals surface area contributed by atoms with Crippen molar-refractivity contribution in [2.45, 2.75) is 46.6 Å². The minimum atomic E-state index is -0.0992. The number of amides is 1. The number of nitrogens with zero attached hydrogens (tertiary/aromatic N) is 4. The number of anilines is 1. The zero-order valence-corrected chi connectivity index (χ0v) is 15.0. The minimum Gasteiger partial charge on any atom is -0.338 e. The Labute approximate surface area is 140 Å². The molecular weight excluding hydrogens is 314 g/mol. The van der Waals surface area contributed by atoms with Gasteiger partial charge in [0.15, 0.2) is 11.0 Å². The molecule has 8 heteroatoms. The van der Waals surface area contributed by atoms with E-state index in [0.29, 0.717) is 29.9 Å². The summed E-state index contributed by atoms with van der Waals surface area (Å²) >= 11 is 1.44. The molecule has 0 bridgehead atoms. The van der Waals surface area contributed by atoms with Gasteiger partial charge in [-0.05, 0) is 13.5 Å². The summed E-state index contributed by atoms with van der Waals surface area (Å²) in [6.07, 6.45) is 0. The fraction of sp³-hybridized carbons (Fsp3) is 0.600. The maximum absolute atomic E-state index is 12.2. The lowest BCUT2D eigenvalue weighted by Crippen LogP contribution is -2.32. The number of hydrogen-bond donors (Lipinski definition) is 1. The number of likely N-dealkylation sites (N-methyl/N-ethyl adjacent to an activating group) is 1. The quantitative estimate of drug-likeness (QED) is 0.872. The van der Waals surface area contributed by atoms with Crippen LogP contribution >= 0.6 is 11.3 Å². The number of rotatable bonds is 6. The van der Waals surface area contributed by atoms with E-state index < -0.39 is 0 Å². The molecule has 0 saturated carbocycles. The average molecular weight is 337 g/mol. The van der Waals surface area contributed by atoms with Gasteiger partial charge in [-0.25, -0.2) is 4.98 Å². The van der Waals surface area contributed by atoms with Crippen molar-refractivity contribution in [3.63, 3.8) is 0 Å². The molecule has 1 N–H and O–H groups in total. The van der Waals surface area contributed by atoms with Crippen LogP contribution in [0.5, 0.6) is 0 Å². The van der Waals surface area contributed by atoms with Crippen LogP contribution in [0, 0.1) is 6.92 Å². The van der Waals surface area contributed by atoms with Gasteiger partial charge in [-0.1, -0.05) is 32.9 Å². The molecule has 0 aromatic carbocycles. The third-order valence-corrected chi connectivity index (χ3v) is 4.02. The SMILES string of the molecule is CCN(CC(=O)Nc1nc(C(C)(C)C)cs1)Cc1nc(C)no1. The summed E-state index contributed by atoms with van der Waals surface area (Å²) in [5, 5.41) is 9.22. The molecule has 0 saturated heterocycles. The van der Waals surface area contributed by atoms with Gasteiger partial charge in [0.1, 0.15) is 0 Å². The number of nitrogens with one attached hydrogen (secondary N) is 1. The van der Waals surface area contributed by atoms with Crippen LogP contribution in [-0.4, -0.2) is 39.0 Å². The predicted molar refractivity (Wildman–Crippen MR) is 89.4 cm³/mol. The first-order valence-electron chi connectivity index (χ1n) is 7.55. The molecule has 2 heterocycles. The van der Waals surface area contributed by atoms with Crippen LogP contribution in [0.25, 0.3) is 0 Å². The van der Waals surface area contributed by atoms with Crippen LogP contribution in [0.1, 0.15) is 45.1 Å². The Bertz CT molecular complexity index is 659. The van der Waals surface area contributed by atoms with Gasteiger partial charge in [0.2, 0.25) is 11.8 Å². The Balaban J connectivity index is 1.91. The van der Waals surface area contributed by atoms with Gasteiger partial charge < -0.3 is 9.84 Å². The lowest BCUT2D eigenvalue weighted by Gasteiger charge is -2.17. The summed E-state index contributed by atoms with van der Waals surface area (Å²) in [4.78, 5) is 22.7. The van der Waals surface area contributed by atoms with Crippen molar-refractivity contribution < 1.29 is 9.32 Å². The van der Waals surface area contributed by atoms with Gasteiger partial charge in [0, 0.05) is 10.8 Å². The van der Waals surface area contributed by atoms with E-state index in [1.807, 2.05) is 17.2 Å². The molecule has 1 amide bonds. The van der Waals surface area contributed by atoms with Crippen molar-refractivity contribution in [3.05, 3.63) is 22.8 Å². The normalized spacial score (nSPS) is 11.9. The molecule has 0 fully saturated rings. The zero-order chi connectivity index (χ0) is 17.0. The first-order chi connectivity index (χ1) is 10.8. The topological polar surface area (TPSA) is 84.2 Å². The maximum atomic E-state index is 12.2. The van der Waals surface area contributed by atoms with E-state index in [1.54, 1.807) is 6.92 Å².